The highest BCUT2D eigenvalue weighted by Gasteiger charge is 2.24. The van der Waals surface area contributed by atoms with E-state index in [9.17, 15) is 9.59 Å². The van der Waals surface area contributed by atoms with Crippen LogP contribution in [-0.2, 0) is 22.6 Å². The highest BCUT2D eigenvalue weighted by molar-refractivity contribution is 5.84. The van der Waals surface area contributed by atoms with Crippen molar-refractivity contribution >= 4 is 11.9 Å². The molecule has 0 radical (unpaired) electrons. The molecule has 0 spiro atoms. The lowest BCUT2D eigenvalue weighted by molar-refractivity contribution is -0.133. The molecule has 1 saturated heterocycles. The van der Waals surface area contributed by atoms with Crippen LogP contribution < -0.4 is 14.8 Å². The minimum atomic E-state index is -0.204. The molecule has 1 fully saturated rings. The Labute approximate surface area is 218 Å². The summed E-state index contributed by atoms with van der Waals surface area (Å²) in [6.45, 7) is 8.16. The number of benzene rings is 1. The van der Waals surface area contributed by atoms with Gasteiger partial charge in [-0.1, -0.05) is 19.4 Å². The van der Waals surface area contributed by atoms with Crippen molar-refractivity contribution in [3.05, 3.63) is 47.9 Å². The molecule has 3 heterocycles. The SMILES string of the molecule is CCCCNC(=O)N(CCCN1CCOCC1)CC(=O)N(Cc1ccc2c(c1)OCO2)Cc1ccco1. The number of carbonyl (C=O) groups is 2. The largest absolute Gasteiger partial charge is 0.467 e. The van der Waals surface area contributed by atoms with Gasteiger partial charge in [0.1, 0.15) is 12.3 Å². The summed E-state index contributed by atoms with van der Waals surface area (Å²) in [5.41, 5.74) is 0.912. The first-order valence-corrected chi connectivity index (χ1v) is 13.1. The van der Waals surface area contributed by atoms with Gasteiger partial charge in [0.15, 0.2) is 11.5 Å². The number of fused-ring (bicyclic) bond motifs is 1. The number of morpholine rings is 1. The zero-order valence-corrected chi connectivity index (χ0v) is 21.7. The van der Waals surface area contributed by atoms with Gasteiger partial charge in [0, 0.05) is 39.3 Å². The zero-order valence-electron chi connectivity index (χ0n) is 21.7. The Hall–Kier alpha value is -3.24. The number of hydrogen-bond acceptors (Lipinski definition) is 7. The molecule has 2 aliphatic rings. The van der Waals surface area contributed by atoms with E-state index in [-0.39, 0.29) is 25.3 Å². The predicted molar refractivity (Wildman–Crippen MR) is 137 cm³/mol. The van der Waals surface area contributed by atoms with E-state index in [2.05, 4.69) is 17.1 Å². The lowest BCUT2D eigenvalue weighted by Crippen LogP contribution is -2.47. The van der Waals surface area contributed by atoms with E-state index >= 15 is 0 Å². The van der Waals surface area contributed by atoms with Gasteiger partial charge in [0.2, 0.25) is 12.7 Å². The number of urea groups is 1. The Morgan fingerprint density at radius 1 is 1.03 bits per heavy atom. The van der Waals surface area contributed by atoms with Gasteiger partial charge in [0.05, 0.1) is 26.0 Å². The van der Waals surface area contributed by atoms with E-state index in [0.717, 1.165) is 57.7 Å². The summed E-state index contributed by atoms with van der Waals surface area (Å²) in [4.78, 5) is 32.3. The van der Waals surface area contributed by atoms with Crippen LogP contribution in [0.25, 0.3) is 0 Å². The van der Waals surface area contributed by atoms with Crippen molar-refractivity contribution in [2.45, 2.75) is 39.3 Å². The van der Waals surface area contributed by atoms with Gasteiger partial charge in [-0.15, -0.1) is 0 Å². The minimum absolute atomic E-state index is 0.00761. The average molecular weight is 515 g/mol. The molecule has 0 aliphatic carbocycles. The molecular weight excluding hydrogens is 476 g/mol. The van der Waals surface area contributed by atoms with Gasteiger partial charge in [-0.05, 0) is 42.7 Å². The second kappa shape index (κ2) is 13.9. The fourth-order valence-electron chi connectivity index (χ4n) is 4.39. The summed E-state index contributed by atoms with van der Waals surface area (Å²) < 4.78 is 21.9. The number of carbonyl (C=O) groups excluding carboxylic acids is 2. The van der Waals surface area contributed by atoms with Crippen LogP contribution in [0.5, 0.6) is 11.5 Å². The van der Waals surface area contributed by atoms with Crippen LogP contribution in [0.15, 0.2) is 41.0 Å². The molecule has 37 heavy (non-hydrogen) atoms. The maximum absolute atomic E-state index is 13.6. The number of amides is 3. The Balaban J connectivity index is 1.42. The van der Waals surface area contributed by atoms with Gasteiger partial charge in [-0.25, -0.2) is 4.79 Å². The third-order valence-corrected chi connectivity index (χ3v) is 6.52. The quantitative estimate of drug-likeness (QED) is 0.411. The Morgan fingerprint density at radius 3 is 2.65 bits per heavy atom. The molecule has 2 aliphatic heterocycles. The Morgan fingerprint density at radius 2 is 1.86 bits per heavy atom. The summed E-state index contributed by atoms with van der Waals surface area (Å²) in [5, 5.41) is 2.97. The Bertz CT molecular complexity index is 993. The summed E-state index contributed by atoms with van der Waals surface area (Å²) in [5.74, 6) is 1.90. The second-order valence-electron chi connectivity index (χ2n) is 9.33. The van der Waals surface area contributed by atoms with E-state index in [0.29, 0.717) is 43.4 Å². The highest BCUT2D eigenvalue weighted by atomic mass is 16.7. The fraction of sp³-hybridized carbons (Fsp3) is 0.556. The van der Waals surface area contributed by atoms with Crippen molar-refractivity contribution in [3.63, 3.8) is 0 Å². The molecule has 0 bridgehead atoms. The van der Waals surface area contributed by atoms with Crippen LogP contribution in [0.1, 0.15) is 37.5 Å². The molecule has 0 atom stereocenters. The number of furan rings is 1. The zero-order chi connectivity index (χ0) is 25.9. The van der Waals surface area contributed by atoms with Gasteiger partial charge in [-0.2, -0.15) is 0 Å². The molecule has 1 aromatic heterocycles. The maximum atomic E-state index is 13.6. The van der Waals surface area contributed by atoms with E-state index in [1.807, 2.05) is 24.3 Å². The first-order chi connectivity index (χ1) is 18.1. The molecule has 10 nitrogen and oxygen atoms in total. The van der Waals surface area contributed by atoms with Gasteiger partial charge >= 0.3 is 6.03 Å². The number of hydrogen-bond donors (Lipinski definition) is 1. The molecule has 202 valence electrons. The fourth-order valence-corrected chi connectivity index (χ4v) is 4.39. The topological polar surface area (TPSA) is 96.7 Å². The smallest absolute Gasteiger partial charge is 0.317 e. The summed E-state index contributed by atoms with van der Waals surface area (Å²) in [6, 6.07) is 9.11. The molecule has 1 N–H and O–H groups in total. The number of ether oxygens (including phenoxy) is 3. The van der Waals surface area contributed by atoms with E-state index in [1.54, 1.807) is 22.1 Å². The van der Waals surface area contributed by atoms with Crippen molar-refractivity contribution < 1.29 is 28.2 Å². The number of rotatable bonds is 13. The number of nitrogens with zero attached hydrogens (tertiary/aromatic N) is 3. The van der Waals surface area contributed by atoms with Gasteiger partial charge in [-0.3, -0.25) is 9.69 Å². The predicted octanol–water partition coefficient (Wildman–Crippen LogP) is 3.07. The molecular formula is C27H38N4O6. The van der Waals surface area contributed by atoms with E-state index < -0.39 is 0 Å². The molecule has 2 aromatic rings. The van der Waals surface area contributed by atoms with E-state index in [4.69, 9.17) is 18.6 Å². The lowest BCUT2D eigenvalue weighted by atomic mass is 10.2. The van der Waals surface area contributed by atoms with Crippen LogP contribution in [0.2, 0.25) is 0 Å². The Kier molecular flexibility index (Phi) is 10.1. The van der Waals surface area contributed by atoms with Crippen LogP contribution >= 0.6 is 0 Å². The van der Waals surface area contributed by atoms with Crippen molar-refractivity contribution in [3.8, 4) is 11.5 Å². The second-order valence-corrected chi connectivity index (χ2v) is 9.33. The summed E-state index contributed by atoms with van der Waals surface area (Å²) in [6.07, 6.45) is 4.27. The summed E-state index contributed by atoms with van der Waals surface area (Å²) >= 11 is 0. The third kappa shape index (κ3) is 8.13. The molecule has 0 unspecified atom stereocenters. The van der Waals surface area contributed by atoms with Crippen LogP contribution in [0, 0.1) is 0 Å². The molecule has 0 saturated carbocycles. The number of nitrogens with one attached hydrogen (secondary N) is 1. The van der Waals surface area contributed by atoms with Crippen molar-refractivity contribution in [1.29, 1.82) is 0 Å². The van der Waals surface area contributed by atoms with Crippen LogP contribution in [0.4, 0.5) is 4.79 Å². The maximum Gasteiger partial charge on any atom is 0.317 e. The van der Waals surface area contributed by atoms with Crippen LogP contribution in [0.3, 0.4) is 0 Å². The lowest BCUT2D eigenvalue weighted by Gasteiger charge is -2.30. The molecule has 3 amide bonds. The van der Waals surface area contributed by atoms with E-state index in [1.165, 1.54) is 0 Å². The van der Waals surface area contributed by atoms with Crippen molar-refractivity contribution in [2.24, 2.45) is 0 Å². The third-order valence-electron chi connectivity index (χ3n) is 6.52. The molecule has 1 aromatic carbocycles. The highest BCUT2D eigenvalue weighted by Crippen LogP contribution is 2.33. The number of unbranched alkanes of at least 4 members (excludes halogenated alkanes) is 1. The standard InChI is InChI=1S/C27H38N4O6/c1-2-3-9-28-27(33)30(11-5-10-29-12-15-34-16-13-29)20-26(32)31(19-23-6-4-14-35-23)18-22-7-8-24-25(17-22)37-21-36-24/h4,6-8,14,17H,2-3,5,9-13,15-16,18-21H2,1H3,(H,28,33). The monoisotopic (exact) mass is 514 g/mol. The van der Waals surface area contributed by atoms with Crippen molar-refractivity contribution in [2.75, 3.05) is 59.3 Å². The normalized spacial score (nSPS) is 14.9. The minimum Gasteiger partial charge on any atom is -0.467 e. The van der Waals surface area contributed by atoms with Crippen molar-refractivity contribution in [1.82, 2.24) is 20.0 Å². The van der Waals surface area contributed by atoms with Gasteiger partial charge < -0.3 is 33.7 Å². The summed E-state index contributed by atoms with van der Waals surface area (Å²) in [7, 11) is 0. The average Bonchev–Trinajstić information content (AvgIpc) is 3.60. The first kappa shape index (κ1) is 26.8. The van der Waals surface area contributed by atoms with Gasteiger partial charge in [0.25, 0.3) is 0 Å². The van der Waals surface area contributed by atoms with Crippen LogP contribution in [-0.4, -0.2) is 85.9 Å². The first-order valence-electron chi connectivity index (χ1n) is 13.1. The molecule has 10 heteroatoms. The molecule has 4 rings (SSSR count).